The molecule has 96 valence electrons. The van der Waals surface area contributed by atoms with E-state index in [2.05, 4.69) is 52.4 Å². The fraction of sp³-hybridized carbons (Fsp3) is 0.133. The third-order valence-electron chi connectivity index (χ3n) is 2.78. The minimum absolute atomic E-state index is 0.558. The summed E-state index contributed by atoms with van der Waals surface area (Å²) < 4.78 is 1.07. The first-order valence-electron chi connectivity index (χ1n) is 5.78. The van der Waals surface area contributed by atoms with E-state index in [4.69, 9.17) is 16.9 Å². The number of nitrogens with one attached hydrogen (secondary N) is 1. The Morgan fingerprint density at radius 3 is 2.68 bits per heavy atom. The third-order valence-corrected chi connectivity index (χ3v) is 3.83. The molecule has 0 aromatic heterocycles. The maximum atomic E-state index is 8.79. The summed E-state index contributed by atoms with van der Waals surface area (Å²) in [5.74, 6) is 0. The molecule has 0 saturated heterocycles. The number of aryl methyl sites for hydroxylation is 1. The van der Waals surface area contributed by atoms with Crippen LogP contribution in [0.2, 0.25) is 5.02 Å². The predicted octanol–water partition coefficient (Wildman–Crippen LogP) is 4.89. The number of benzene rings is 2. The summed E-state index contributed by atoms with van der Waals surface area (Å²) in [4.78, 5) is 0. The van der Waals surface area contributed by atoms with Gasteiger partial charge in [-0.2, -0.15) is 5.26 Å². The maximum absolute atomic E-state index is 8.79. The Labute approximate surface area is 126 Å². The molecule has 2 rings (SSSR count). The van der Waals surface area contributed by atoms with E-state index in [1.807, 2.05) is 6.07 Å². The molecule has 1 N–H and O–H groups in total. The van der Waals surface area contributed by atoms with E-state index in [-0.39, 0.29) is 0 Å². The van der Waals surface area contributed by atoms with E-state index in [9.17, 15) is 0 Å². The smallest absolute Gasteiger partial charge is 0.0992 e. The summed E-state index contributed by atoms with van der Waals surface area (Å²) in [5.41, 5.74) is 3.76. The second-order valence-corrected chi connectivity index (χ2v) is 5.52. The van der Waals surface area contributed by atoms with Crippen molar-refractivity contribution in [3.63, 3.8) is 0 Å². The average Bonchev–Trinajstić information content (AvgIpc) is 2.39. The molecular formula is C15H12BrClN2. The van der Waals surface area contributed by atoms with E-state index in [0.29, 0.717) is 17.1 Å². The maximum Gasteiger partial charge on any atom is 0.0992 e. The first kappa shape index (κ1) is 13.9. The van der Waals surface area contributed by atoms with Gasteiger partial charge in [0.1, 0.15) is 0 Å². The van der Waals surface area contributed by atoms with Gasteiger partial charge in [0.25, 0.3) is 0 Å². The number of hydrogen-bond donors (Lipinski definition) is 1. The minimum atomic E-state index is 0.558. The molecule has 0 unspecified atom stereocenters. The highest BCUT2D eigenvalue weighted by molar-refractivity contribution is 9.10. The zero-order chi connectivity index (χ0) is 13.8. The summed E-state index contributed by atoms with van der Waals surface area (Å²) in [6.45, 7) is 2.73. The van der Waals surface area contributed by atoms with E-state index in [0.717, 1.165) is 15.7 Å². The van der Waals surface area contributed by atoms with Crippen molar-refractivity contribution in [3.05, 3.63) is 62.6 Å². The Kier molecular flexibility index (Phi) is 4.47. The first-order chi connectivity index (χ1) is 9.10. The molecule has 0 saturated carbocycles. The zero-order valence-corrected chi connectivity index (χ0v) is 12.7. The van der Waals surface area contributed by atoms with Crippen LogP contribution in [0.5, 0.6) is 0 Å². The topological polar surface area (TPSA) is 35.8 Å². The fourth-order valence-corrected chi connectivity index (χ4v) is 2.59. The molecule has 0 fully saturated rings. The van der Waals surface area contributed by atoms with Gasteiger partial charge in [-0.3, -0.25) is 0 Å². The molecule has 2 aromatic rings. The predicted molar refractivity (Wildman–Crippen MR) is 82.4 cm³/mol. The number of hydrogen-bond acceptors (Lipinski definition) is 2. The molecule has 0 amide bonds. The molecule has 4 heteroatoms. The van der Waals surface area contributed by atoms with Crippen LogP contribution in [0.1, 0.15) is 16.7 Å². The monoisotopic (exact) mass is 334 g/mol. The van der Waals surface area contributed by atoms with Crippen molar-refractivity contribution in [1.29, 1.82) is 5.26 Å². The van der Waals surface area contributed by atoms with Crippen molar-refractivity contribution in [3.8, 4) is 6.07 Å². The van der Waals surface area contributed by atoms with Crippen LogP contribution in [0.25, 0.3) is 0 Å². The minimum Gasteiger partial charge on any atom is -0.380 e. The highest BCUT2D eigenvalue weighted by atomic mass is 79.9. The van der Waals surface area contributed by atoms with Crippen molar-refractivity contribution < 1.29 is 0 Å². The van der Waals surface area contributed by atoms with Gasteiger partial charge >= 0.3 is 0 Å². The molecule has 0 bridgehead atoms. The number of anilines is 1. The molecule has 0 aliphatic rings. The van der Waals surface area contributed by atoms with Gasteiger partial charge < -0.3 is 5.32 Å². The summed E-state index contributed by atoms with van der Waals surface area (Å²) in [6, 6.07) is 13.5. The zero-order valence-electron chi connectivity index (χ0n) is 10.4. The lowest BCUT2D eigenvalue weighted by Gasteiger charge is -2.10. The van der Waals surface area contributed by atoms with Gasteiger partial charge in [0, 0.05) is 11.0 Å². The van der Waals surface area contributed by atoms with Gasteiger partial charge in [-0.05, 0) is 42.3 Å². The summed E-state index contributed by atoms with van der Waals surface area (Å²) in [5, 5.41) is 12.6. The largest absolute Gasteiger partial charge is 0.380 e. The van der Waals surface area contributed by atoms with Gasteiger partial charge in [-0.1, -0.05) is 39.7 Å². The Bertz CT molecular complexity index is 647. The normalized spacial score (nSPS) is 10.0. The number of halogens is 2. The fourth-order valence-electron chi connectivity index (χ4n) is 1.71. The van der Waals surface area contributed by atoms with Crippen LogP contribution in [-0.2, 0) is 6.54 Å². The van der Waals surface area contributed by atoms with Crippen LogP contribution in [0.4, 0.5) is 5.69 Å². The second kappa shape index (κ2) is 6.10. The Morgan fingerprint density at radius 1 is 1.26 bits per heavy atom. The van der Waals surface area contributed by atoms with Gasteiger partial charge in [0.05, 0.1) is 22.3 Å². The van der Waals surface area contributed by atoms with Crippen molar-refractivity contribution >= 4 is 33.2 Å². The lowest BCUT2D eigenvalue weighted by atomic mass is 10.1. The molecule has 19 heavy (non-hydrogen) atoms. The SMILES string of the molecule is Cc1ccc(CNc2ccc(C#N)cc2Cl)c(Br)c1. The van der Waals surface area contributed by atoms with E-state index in [1.165, 1.54) is 5.56 Å². The number of rotatable bonds is 3. The average molecular weight is 336 g/mol. The van der Waals surface area contributed by atoms with Gasteiger partial charge in [0.15, 0.2) is 0 Å². The second-order valence-electron chi connectivity index (χ2n) is 4.25. The van der Waals surface area contributed by atoms with Gasteiger partial charge in [0.2, 0.25) is 0 Å². The summed E-state index contributed by atoms with van der Waals surface area (Å²) >= 11 is 9.66. The number of nitrogens with zero attached hydrogens (tertiary/aromatic N) is 1. The quantitative estimate of drug-likeness (QED) is 0.866. The molecular weight excluding hydrogens is 324 g/mol. The van der Waals surface area contributed by atoms with Crippen molar-refractivity contribution in [2.45, 2.75) is 13.5 Å². The van der Waals surface area contributed by atoms with Crippen LogP contribution in [-0.4, -0.2) is 0 Å². The molecule has 0 atom stereocenters. The van der Waals surface area contributed by atoms with Crippen LogP contribution < -0.4 is 5.32 Å². The molecule has 0 spiro atoms. The Balaban J connectivity index is 2.13. The van der Waals surface area contributed by atoms with Crippen LogP contribution in [0, 0.1) is 18.3 Å². The van der Waals surface area contributed by atoms with Crippen molar-refractivity contribution in [2.24, 2.45) is 0 Å². The van der Waals surface area contributed by atoms with E-state index in [1.54, 1.807) is 12.1 Å². The highest BCUT2D eigenvalue weighted by Gasteiger charge is 2.04. The van der Waals surface area contributed by atoms with Crippen LogP contribution in [0.3, 0.4) is 0 Å². The van der Waals surface area contributed by atoms with Gasteiger partial charge in [-0.25, -0.2) is 0 Å². The molecule has 2 nitrogen and oxygen atoms in total. The Hall–Kier alpha value is -1.50. The Morgan fingerprint density at radius 2 is 2.05 bits per heavy atom. The standard InChI is InChI=1S/C15H12BrClN2/c1-10-2-4-12(13(16)6-10)9-19-15-5-3-11(8-18)7-14(15)17/h2-7,19H,9H2,1H3. The third kappa shape index (κ3) is 3.50. The lowest BCUT2D eigenvalue weighted by molar-refractivity contribution is 1.13. The molecule has 0 heterocycles. The van der Waals surface area contributed by atoms with Crippen LogP contribution in [0.15, 0.2) is 40.9 Å². The highest BCUT2D eigenvalue weighted by Crippen LogP contribution is 2.25. The summed E-state index contributed by atoms with van der Waals surface area (Å²) in [6.07, 6.45) is 0. The van der Waals surface area contributed by atoms with E-state index < -0.39 is 0 Å². The van der Waals surface area contributed by atoms with Crippen molar-refractivity contribution in [1.82, 2.24) is 0 Å². The number of nitriles is 1. The first-order valence-corrected chi connectivity index (χ1v) is 6.96. The summed E-state index contributed by atoms with van der Waals surface area (Å²) in [7, 11) is 0. The lowest BCUT2D eigenvalue weighted by Crippen LogP contribution is -2.01. The molecule has 2 aromatic carbocycles. The van der Waals surface area contributed by atoms with Crippen molar-refractivity contribution in [2.75, 3.05) is 5.32 Å². The molecule has 0 aliphatic heterocycles. The molecule has 0 aliphatic carbocycles. The van der Waals surface area contributed by atoms with E-state index >= 15 is 0 Å². The van der Waals surface area contributed by atoms with Crippen LogP contribution >= 0.6 is 27.5 Å². The molecule has 0 radical (unpaired) electrons. The van der Waals surface area contributed by atoms with Gasteiger partial charge in [-0.15, -0.1) is 0 Å².